The monoisotopic (exact) mass is 385 g/mol. The summed E-state index contributed by atoms with van der Waals surface area (Å²) in [4.78, 5) is 24.7. The van der Waals surface area contributed by atoms with Crippen LogP contribution in [0.2, 0.25) is 0 Å². The van der Waals surface area contributed by atoms with Crippen molar-refractivity contribution in [3.05, 3.63) is 35.5 Å². The summed E-state index contributed by atoms with van der Waals surface area (Å²) in [6.07, 6.45) is 0. The molecule has 2 aromatic rings. The fraction of sp³-hybridized carbons (Fsp3) is 0.450. The lowest BCUT2D eigenvalue weighted by Crippen LogP contribution is -2.48. The fourth-order valence-electron chi connectivity index (χ4n) is 3.22. The van der Waals surface area contributed by atoms with E-state index in [1.54, 1.807) is 21.1 Å². The topological polar surface area (TPSA) is 79.8 Å². The zero-order chi connectivity index (χ0) is 20.1. The third-order valence-electron chi connectivity index (χ3n) is 4.79. The minimum Gasteiger partial charge on any atom is -0.493 e. The van der Waals surface area contributed by atoms with Crippen LogP contribution in [0.25, 0.3) is 0 Å². The maximum absolute atomic E-state index is 11.5. The molecule has 1 aliphatic heterocycles. The van der Waals surface area contributed by atoms with Gasteiger partial charge in [-0.3, -0.25) is 4.79 Å². The summed E-state index contributed by atoms with van der Waals surface area (Å²) in [5.74, 6) is 2.97. The number of carbonyl (C=O) groups excluding carboxylic acids is 1. The molecule has 8 heteroatoms. The molecule has 1 aromatic heterocycles. The summed E-state index contributed by atoms with van der Waals surface area (Å²) >= 11 is 0. The van der Waals surface area contributed by atoms with Crippen LogP contribution in [-0.4, -0.2) is 61.2 Å². The number of benzene rings is 1. The molecule has 0 atom stereocenters. The zero-order valence-electron chi connectivity index (χ0n) is 16.9. The third kappa shape index (κ3) is 4.62. The minimum absolute atomic E-state index is 0.121. The van der Waals surface area contributed by atoms with Gasteiger partial charge in [-0.1, -0.05) is 6.07 Å². The van der Waals surface area contributed by atoms with E-state index in [2.05, 4.69) is 20.2 Å². The van der Waals surface area contributed by atoms with Gasteiger partial charge in [0.2, 0.25) is 11.9 Å². The predicted molar refractivity (Wildman–Crippen MR) is 108 cm³/mol. The number of aryl methyl sites for hydroxylation is 1. The average Bonchev–Trinajstić information content (AvgIpc) is 2.71. The first-order valence-electron chi connectivity index (χ1n) is 9.31. The SMILES string of the molecule is COc1ccc(CNc2nc(C)cc(N3CCN(C(C)=O)CC3)n2)cc1OC. The molecule has 1 aromatic carbocycles. The van der Waals surface area contributed by atoms with Gasteiger partial charge >= 0.3 is 0 Å². The molecule has 0 radical (unpaired) electrons. The number of rotatable bonds is 6. The second kappa shape index (κ2) is 8.77. The van der Waals surface area contributed by atoms with Crippen LogP contribution in [0.15, 0.2) is 24.3 Å². The Morgan fingerprint density at radius 3 is 2.43 bits per heavy atom. The number of piperazine rings is 1. The van der Waals surface area contributed by atoms with Crippen molar-refractivity contribution in [2.75, 3.05) is 50.6 Å². The second-order valence-corrected chi connectivity index (χ2v) is 6.73. The van der Waals surface area contributed by atoms with Gasteiger partial charge in [0.1, 0.15) is 5.82 Å². The van der Waals surface area contributed by atoms with Crippen LogP contribution in [0.3, 0.4) is 0 Å². The highest BCUT2D eigenvalue weighted by molar-refractivity contribution is 5.73. The van der Waals surface area contributed by atoms with E-state index >= 15 is 0 Å². The number of anilines is 2. The Morgan fingerprint density at radius 1 is 1.07 bits per heavy atom. The lowest BCUT2D eigenvalue weighted by atomic mass is 10.2. The smallest absolute Gasteiger partial charge is 0.225 e. The van der Waals surface area contributed by atoms with Gasteiger partial charge in [-0.05, 0) is 24.6 Å². The van der Waals surface area contributed by atoms with Crippen LogP contribution in [0.1, 0.15) is 18.2 Å². The zero-order valence-corrected chi connectivity index (χ0v) is 16.9. The Morgan fingerprint density at radius 2 is 1.79 bits per heavy atom. The Balaban J connectivity index is 1.68. The quantitative estimate of drug-likeness (QED) is 0.815. The number of aromatic nitrogens is 2. The molecule has 1 amide bonds. The molecule has 8 nitrogen and oxygen atoms in total. The van der Waals surface area contributed by atoms with Crippen LogP contribution in [-0.2, 0) is 11.3 Å². The highest BCUT2D eigenvalue weighted by Gasteiger charge is 2.20. The third-order valence-corrected chi connectivity index (χ3v) is 4.79. The lowest BCUT2D eigenvalue weighted by Gasteiger charge is -2.35. The molecule has 0 bridgehead atoms. The maximum atomic E-state index is 11.5. The second-order valence-electron chi connectivity index (χ2n) is 6.73. The van der Waals surface area contributed by atoms with Gasteiger partial charge in [0.15, 0.2) is 11.5 Å². The molecule has 0 unspecified atom stereocenters. The van der Waals surface area contributed by atoms with Crippen LogP contribution in [0.4, 0.5) is 11.8 Å². The van der Waals surface area contributed by atoms with E-state index in [0.29, 0.717) is 37.1 Å². The van der Waals surface area contributed by atoms with Crippen molar-refractivity contribution in [2.24, 2.45) is 0 Å². The number of nitrogens with zero attached hydrogens (tertiary/aromatic N) is 4. The molecule has 1 saturated heterocycles. The summed E-state index contributed by atoms with van der Waals surface area (Å²) in [6.45, 7) is 7.11. The number of carbonyl (C=O) groups is 1. The van der Waals surface area contributed by atoms with Gasteiger partial charge in [-0.25, -0.2) is 4.98 Å². The normalized spacial score (nSPS) is 14.0. The van der Waals surface area contributed by atoms with Gasteiger partial charge in [0.25, 0.3) is 0 Å². The molecule has 0 aliphatic carbocycles. The molecule has 3 rings (SSSR count). The van der Waals surface area contributed by atoms with E-state index in [4.69, 9.17) is 9.47 Å². The first kappa shape index (κ1) is 19.7. The molecular formula is C20H27N5O3. The number of methoxy groups -OCH3 is 2. The van der Waals surface area contributed by atoms with E-state index in [1.165, 1.54) is 0 Å². The molecule has 0 spiro atoms. The van der Waals surface area contributed by atoms with Crippen molar-refractivity contribution in [3.63, 3.8) is 0 Å². The van der Waals surface area contributed by atoms with Crippen molar-refractivity contribution in [1.82, 2.24) is 14.9 Å². The van der Waals surface area contributed by atoms with Gasteiger partial charge in [0, 0.05) is 51.4 Å². The van der Waals surface area contributed by atoms with Crippen molar-refractivity contribution in [3.8, 4) is 11.5 Å². The van der Waals surface area contributed by atoms with Gasteiger partial charge in [-0.2, -0.15) is 4.98 Å². The summed E-state index contributed by atoms with van der Waals surface area (Å²) < 4.78 is 10.6. The molecule has 0 saturated carbocycles. The van der Waals surface area contributed by atoms with Crippen molar-refractivity contribution >= 4 is 17.7 Å². The van der Waals surface area contributed by atoms with E-state index < -0.39 is 0 Å². The largest absolute Gasteiger partial charge is 0.493 e. The van der Waals surface area contributed by atoms with E-state index in [0.717, 1.165) is 30.2 Å². The van der Waals surface area contributed by atoms with Crippen molar-refractivity contribution in [2.45, 2.75) is 20.4 Å². The van der Waals surface area contributed by atoms with Gasteiger partial charge < -0.3 is 24.6 Å². The Hall–Kier alpha value is -3.03. The number of hydrogen-bond donors (Lipinski definition) is 1. The lowest BCUT2D eigenvalue weighted by molar-refractivity contribution is -0.129. The van der Waals surface area contributed by atoms with E-state index in [-0.39, 0.29) is 5.91 Å². The van der Waals surface area contributed by atoms with Crippen molar-refractivity contribution < 1.29 is 14.3 Å². The molecular weight excluding hydrogens is 358 g/mol. The van der Waals surface area contributed by atoms with E-state index in [9.17, 15) is 4.79 Å². The van der Waals surface area contributed by atoms with Crippen LogP contribution in [0.5, 0.6) is 11.5 Å². The number of amides is 1. The maximum Gasteiger partial charge on any atom is 0.225 e. The van der Waals surface area contributed by atoms with Crippen LogP contribution in [0, 0.1) is 6.92 Å². The highest BCUT2D eigenvalue weighted by Crippen LogP contribution is 2.27. The Labute approximate surface area is 165 Å². The summed E-state index contributed by atoms with van der Waals surface area (Å²) in [5.41, 5.74) is 1.94. The first-order chi connectivity index (χ1) is 13.5. The van der Waals surface area contributed by atoms with Gasteiger partial charge in [0.05, 0.1) is 14.2 Å². The summed E-state index contributed by atoms with van der Waals surface area (Å²) in [7, 11) is 3.24. The Bertz CT molecular complexity index is 835. The fourth-order valence-corrected chi connectivity index (χ4v) is 3.22. The van der Waals surface area contributed by atoms with E-state index in [1.807, 2.05) is 36.1 Å². The van der Waals surface area contributed by atoms with Crippen LogP contribution < -0.4 is 19.7 Å². The number of hydrogen-bond acceptors (Lipinski definition) is 7. The molecule has 1 fully saturated rings. The van der Waals surface area contributed by atoms with Gasteiger partial charge in [-0.15, -0.1) is 0 Å². The predicted octanol–water partition coefficient (Wildman–Crippen LogP) is 2.08. The summed E-state index contributed by atoms with van der Waals surface area (Å²) in [6, 6.07) is 7.77. The van der Waals surface area contributed by atoms with Crippen molar-refractivity contribution in [1.29, 1.82) is 0 Å². The standard InChI is InChI=1S/C20H27N5O3/c1-14-11-19(25-9-7-24(8-10-25)15(2)26)23-20(22-14)21-13-16-5-6-17(27-3)18(12-16)28-4/h5-6,11-12H,7-10,13H2,1-4H3,(H,21,22,23). The molecule has 150 valence electrons. The molecule has 1 N–H and O–H groups in total. The minimum atomic E-state index is 0.121. The molecule has 1 aliphatic rings. The van der Waals surface area contributed by atoms with Crippen LogP contribution >= 0.6 is 0 Å². The first-order valence-corrected chi connectivity index (χ1v) is 9.31. The summed E-state index contributed by atoms with van der Waals surface area (Å²) in [5, 5.41) is 3.29. The number of ether oxygens (including phenoxy) is 2. The number of nitrogens with one attached hydrogen (secondary N) is 1. The molecule has 28 heavy (non-hydrogen) atoms. The Kier molecular flexibility index (Phi) is 6.18. The average molecular weight is 385 g/mol. The molecule has 2 heterocycles. The highest BCUT2D eigenvalue weighted by atomic mass is 16.5.